The lowest BCUT2D eigenvalue weighted by Gasteiger charge is -1.91. The van der Waals surface area contributed by atoms with Gasteiger partial charge in [0, 0.05) is 4.47 Å². The van der Waals surface area contributed by atoms with Crippen LogP contribution in [0.3, 0.4) is 0 Å². The van der Waals surface area contributed by atoms with Crippen molar-refractivity contribution < 1.29 is 5.11 Å². The molecule has 1 radical (unpaired) electrons. The Morgan fingerprint density at radius 1 is 1.27 bits per heavy atom. The highest BCUT2D eigenvalue weighted by Gasteiger charge is 1.85. The molecule has 1 aromatic carbocycles. The van der Waals surface area contributed by atoms with E-state index >= 15 is 0 Å². The van der Waals surface area contributed by atoms with Crippen LogP contribution < -0.4 is 0 Å². The molecule has 0 fully saturated rings. The monoisotopic (exact) mass is 211 g/mol. The number of hydrogen-bond donors (Lipinski definition) is 0. The normalized spacial score (nSPS) is 10.7. The zero-order chi connectivity index (χ0) is 8.10. The molecular formula is C9H8BrO. The molecule has 0 heterocycles. The maximum absolute atomic E-state index is 10.1. The summed E-state index contributed by atoms with van der Waals surface area (Å²) in [6.07, 6.45) is 3.42. The Morgan fingerprint density at radius 2 is 1.91 bits per heavy atom. The van der Waals surface area contributed by atoms with Crippen LogP contribution in [-0.2, 0) is 5.11 Å². The van der Waals surface area contributed by atoms with Gasteiger partial charge in [-0.25, -0.2) is 5.11 Å². The first-order valence-corrected chi connectivity index (χ1v) is 4.12. The summed E-state index contributed by atoms with van der Waals surface area (Å²) in [6, 6.07) is 7.81. The average Bonchev–Trinajstić information content (AvgIpc) is 2.04. The Hall–Kier alpha value is -0.600. The van der Waals surface area contributed by atoms with Crippen LogP contribution in [0.5, 0.6) is 0 Å². The zero-order valence-corrected chi connectivity index (χ0v) is 7.54. The van der Waals surface area contributed by atoms with Crippen molar-refractivity contribution in [2.45, 2.75) is 0 Å². The molecule has 1 aromatic rings. The Morgan fingerprint density at radius 3 is 2.45 bits per heavy atom. The van der Waals surface area contributed by atoms with Crippen molar-refractivity contribution in [1.82, 2.24) is 0 Å². The minimum Gasteiger partial charge on any atom is -0.232 e. The predicted octanol–water partition coefficient (Wildman–Crippen LogP) is 2.89. The average molecular weight is 212 g/mol. The van der Waals surface area contributed by atoms with Gasteiger partial charge in [-0.1, -0.05) is 40.2 Å². The minimum atomic E-state index is -0.157. The van der Waals surface area contributed by atoms with E-state index in [9.17, 15) is 5.11 Å². The lowest BCUT2D eigenvalue weighted by Crippen LogP contribution is -1.72. The fraction of sp³-hybridized carbons (Fsp3) is 0.111. The molecule has 0 N–H and O–H groups in total. The van der Waals surface area contributed by atoms with E-state index in [4.69, 9.17) is 0 Å². The van der Waals surface area contributed by atoms with Gasteiger partial charge < -0.3 is 0 Å². The lowest BCUT2D eigenvalue weighted by molar-refractivity contribution is 0.233. The summed E-state index contributed by atoms with van der Waals surface area (Å²) in [5, 5.41) is 10.1. The molecule has 1 nitrogen and oxygen atoms in total. The van der Waals surface area contributed by atoms with Crippen LogP contribution in [0, 0.1) is 0 Å². The topological polar surface area (TPSA) is 19.9 Å². The van der Waals surface area contributed by atoms with Gasteiger partial charge in [0.05, 0.1) is 0 Å². The van der Waals surface area contributed by atoms with Crippen LogP contribution >= 0.6 is 15.9 Å². The van der Waals surface area contributed by atoms with Crippen molar-refractivity contribution in [3.05, 3.63) is 40.4 Å². The molecule has 0 unspecified atom stereocenters. The van der Waals surface area contributed by atoms with Gasteiger partial charge in [-0.2, -0.15) is 0 Å². The second kappa shape index (κ2) is 4.31. The Labute approximate surface area is 74.5 Å². The first kappa shape index (κ1) is 8.50. The molecule has 0 aromatic heterocycles. The highest BCUT2D eigenvalue weighted by Crippen LogP contribution is 2.11. The molecule has 11 heavy (non-hydrogen) atoms. The number of rotatable bonds is 2. The summed E-state index contributed by atoms with van der Waals surface area (Å²) in [6.45, 7) is -0.157. The third-order valence-electron chi connectivity index (χ3n) is 1.28. The molecule has 1 rings (SSSR count). The largest absolute Gasteiger partial charge is 0.232 e. The van der Waals surface area contributed by atoms with E-state index < -0.39 is 0 Å². The van der Waals surface area contributed by atoms with Crippen molar-refractivity contribution in [3.8, 4) is 0 Å². The summed E-state index contributed by atoms with van der Waals surface area (Å²) >= 11 is 3.33. The van der Waals surface area contributed by atoms with E-state index in [0.717, 1.165) is 10.0 Å². The summed E-state index contributed by atoms with van der Waals surface area (Å²) in [5.74, 6) is 0. The van der Waals surface area contributed by atoms with E-state index in [2.05, 4.69) is 15.9 Å². The summed E-state index contributed by atoms with van der Waals surface area (Å²) in [7, 11) is 0. The van der Waals surface area contributed by atoms with Crippen molar-refractivity contribution in [2.75, 3.05) is 6.61 Å². The highest BCUT2D eigenvalue weighted by atomic mass is 79.9. The molecule has 0 bridgehead atoms. The van der Waals surface area contributed by atoms with Gasteiger partial charge in [0.2, 0.25) is 0 Å². The SMILES string of the molecule is [O]C/C=C/c1ccc(Br)cc1. The maximum atomic E-state index is 10.1. The first-order valence-electron chi connectivity index (χ1n) is 3.33. The van der Waals surface area contributed by atoms with E-state index in [1.165, 1.54) is 0 Å². The van der Waals surface area contributed by atoms with Gasteiger partial charge in [0.15, 0.2) is 0 Å². The van der Waals surface area contributed by atoms with Crippen LogP contribution in [0.2, 0.25) is 0 Å². The molecule has 0 spiro atoms. The van der Waals surface area contributed by atoms with E-state index in [1.807, 2.05) is 30.3 Å². The Kier molecular flexibility index (Phi) is 3.33. The van der Waals surface area contributed by atoms with E-state index in [0.29, 0.717) is 0 Å². The lowest BCUT2D eigenvalue weighted by atomic mass is 10.2. The van der Waals surface area contributed by atoms with E-state index in [1.54, 1.807) is 6.08 Å². The number of hydrogen-bond acceptors (Lipinski definition) is 0. The van der Waals surface area contributed by atoms with Gasteiger partial charge in [-0.15, -0.1) is 0 Å². The second-order valence-corrected chi connectivity index (χ2v) is 3.04. The highest BCUT2D eigenvalue weighted by molar-refractivity contribution is 9.10. The predicted molar refractivity (Wildman–Crippen MR) is 48.7 cm³/mol. The summed E-state index contributed by atoms with van der Waals surface area (Å²) in [5.41, 5.74) is 1.06. The molecule has 0 saturated carbocycles. The Bertz CT molecular complexity index is 238. The molecule has 0 aliphatic carbocycles. The van der Waals surface area contributed by atoms with Crippen molar-refractivity contribution in [2.24, 2.45) is 0 Å². The van der Waals surface area contributed by atoms with Crippen LogP contribution in [0.15, 0.2) is 34.8 Å². The van der Waals surface area contributed by atoms with Crippen LogP contribution in [-0.4, -0.2) is 6.61 Å². The minimum absolute atomic E-state index is 0.157. The van der Waals surface area contributed by atoms with Crippen LogP contribution in [0.25, 0.3) is 6.08 Å². The molecule has 0 atom stereocenters. The van der Waals surface area contributed by atoms with Crippen molar-refractivity contribution >= 4 is 22.0 Å². The quantitative estimate of drug-likeness (QED) is 0.718. The van der Waals surface area contributed by atoms with Crippen LogP contribution in [0.1, 0.15) is 5.56 Å². The second-order valence-electron chi connectivity index (χ2n) is 2.12. The molecule has 57 valence electrons. The van der Waals surface area contributed by atoms with Gasteiger partial charge >= 0.3 is 0 Å². The van der Waals surface area contributed by atoms with Crippen molar-refractivity contribution in [3.63, 3.8) is 0 Å². The number of halogens is 1. The fourth-order valence-corrected chi connectivity index (χ4v) is 1.02. The van der Waals surface area contributed by atoms with Gasteiger partial charge in [0.1, 0.15) is 6.61 Å². The summed E-state index contributed by atoms with van der Waals surface area (Å²) < 4.78 is 1.05. The first-order chi connectivity index (χ1) is 5.33. The van der Waals surface area contributed by atoms with Gasteiger partial charge in [-0.05, 0) is 17.7 Å². The molecule has 0 saturated heterocycles. The van der Waals surface area contributed by atoms with Crippen molar-refractivity contribution in [1.29, 1.82) is 0 Å². The van der Waals surface area contributed by atoms with Gasteiger partial charge in [0.25, 0.3) is 0 Å². The summed E-state index contributed by atoms with van der Waals surface area (Å²) in [4.78, 5) is 0. The third-order valence-corrected chi connectivity index (χ3v) is 1.81. The molecular weight excluding hydrogens is 204 g/mol. The number of benzene rings is 1. The third kappa shape index (κ3) is 2.87. The smallest absolute Gasteiger partial charge is 0.101 e. The van der Waals surface area contributed by atoms with Crippen LogP contribution in [0.4, 0.5) is 0 Å². The fourth-order valence-electron chi connectivity index (χ4n) is 0.758. The Balaban J connectivity index is 2.73. The molecule has 0 aliphatic heterocycles. The van der Waals surface area contributed by atoms with E-state index in [-0.39, 0.29) is 6.61 Å². The van der Waals surface area contributed by atoms with Gasteiger partial charge in [-0.3, -0.25) is 0 Å². The molecule has 0 amide bonds. The maximum Gasteiger partial charge on any atom is 0.101 e. The molecule has 2 heteroatoms. The standard InChI is InChI=1S/C9H8BrO/c10-9-5-3-8(4-6-9)2-1-7-11/h1-6H,7H2/b2-1+. The molecule has 0 aliphatic rings. The zero-order valence-electron chi connectivity index (χ0n) is 5.96.